The Balaban J connectivity index is 2.50. The first-order valence-electron chi connectivity index (χ1n) is 6.10. The summed E-state index contributed by atoms with van der Waals surface area (Å²) in [5.41, 5.74) is 8.10. The summed E-state index contributed by atoms with van der Waals surface area (Å²) < 4.78 is 14.8. The molecule has 0 saturated carbocycles. The Labute approximate surface area is 114 Å². The summed E-state index contributed by atoms with van der Waals surface area (Å²) in [7, 11) is 1.50. The van der Waals surface area contributed by atoms with Crippen LogP contribution in [0.1, 0.15) is 5.56 Å². The Morgan fingerprint density at radius 3 is 2.70 bits per heavy atom. The van der Waals surface area contributed by atoms with Crippen molar-refractivity contribution in [2.45, 2.75) is 6.92 Å². The smallest absolute Gasteiger partial charge is 0.261 e. The predicted molar refractivity (Wildman–Crippen MR) is 76.1 cm³/mol. The van der Waals surface area contributed by atoms with E-state index in [0.717, 1.165) is 11.1 Å². The monoisotopic (exact) mass is 272 g/mol. The molecule has 0 fully saturated rings. The number of nitrogens with two attached hydrogens (primary N) is 1. The molecule has 0 unspecified atom stereocenters. The van der Waals surface area contributed by atoms with Gasteiger partial charge in [0, 0.05) is 7.05 Å². The van der Waals surface area contributed by atoms with Gasteiger partial charge < -0.3 is 5.73 Å². The number of hydrogen-bond acceptors (Lipinski definition) is 3. The van der Waals surface area contributed by atoms with E-state index in [-0.39, 0.29) is 21.8 Å². The quantitative estimate of drug-likeness (QED) is 0.737. The molecule has 6 heteroatoms. The number of fused-ring (bicyclic) bond motifs is 1. The zero-order chi connectivity index (χ0) is 14.4. The second-order valence-electron chi connectivity index (χ2n) is 4.71. The molecule has 3 rings (SSSR count). The van der Waals surface area contributed by atoms with Gasteiger partial charge in [0.2, 0.25) is 0 Å². The number of nitrogens with zero attached hydrogens (tertiary/aromatic N) is 3. The van der Waals surface area contributed by atoms with Crippen molar-refractivity contribution in [2.24, 2.45) is 7.05 Å². The Morgan fingerprint density at radius 2 is 2.00 bits per heavy atom. The van der Waals surface area contributed by atoms with Crippen molar-refractivity contribution < 1.29 is 4.48 Å². The lowest BCUT2D eigenvalue weighted by molar-refractivity contribution is 0.326. The molecular weight excluding hydrogens is 259 g/mol. The van der Waals surface area contributed by atoms with Crippen molar-refractivity contribution in [3.05, 3.63) is 46.4 Å². The van der Waals surface area contributed by atoms with Crippen LogP contribution in [0.5, 0.6) is 0 Å². The minimum Gasteiger partial charge on any atom is -0.397 e. The second-order valence-corrected chi connectivity index (χ2v) is 4.71. The molecule has 0 aliphatic carbocycles. The van der Waals surface area contributed by atoms with Gasteiger partial charge in [-0.15, -0.1) is 5.10 Å². The molecule has 0 amide bonds. The Bertz CT molecular complexity index is 879. The highest BCUT2D eigenvalue weighted by Crippen LogP contribution is 2.30. The molecule has 0 atom stereocenters. The topological polar surface area (TPSA) is 65.8 Å². The fourth-order valence-corrected chi connectivity index (χ4v) is 2.44. The van der Waals surface area contributed by atoms with E-state index in [1.165, 1.54) is 17.8 Å². The fraction of sp³-hybridized carbons (Fsp3) is 0.143. The molecule has 1 aromatic carbocycles. The van der Waals surface area contributed by atoms with Gasteiger partial charge in [0.1, 0.15) is 0 Å². The van der Waals surface area contributed by atoms with Crippen LogP contribution in [0.15, 0.2) is 35.3 Å². The van der Waals surface area contributed by atoms with Crippen LogP contribution in [0, 0.1) is 6.92 Å². The molecule has 0 aliphatic heterocycles. The zero-order valence-corrected chi connectivity index (χ0v) is 11.1. The van der Waals surface area contributed by atoms with Crippen LogP contribution in [0.3, 0.4) is 0 Å². The third-order valence-corrected chi connectivity index (χ3v) is 3.51. The first-order valence-corrected chi connectivity index (χ1v) is 6.10. The maximum Gasteiger partial charge on any atom is 0.261 e. The van der Waals surface area contributed by atoms with Crippen molar-refractivity contribution in [2.75, 3.05) is 5.73 Å². The van der Waals surface area contributed by atoms with E-state index in [0.29, 0.717) is 10.9 Å². The second kappa shape index (κ2) is 4.19. The van der Waals surface area contributed by atoms with Crippen LogP contribution in [-0.2, 0) is 7.05 Å². The number of nitrogen functional groups attached to an aromatic ring is 1. The van der Waals surface area contributed by atoms with Gasteiger partial charge in [-0.2, -0.15) is 0 Å². The van der Waals surface area contributed by atoms with Crippen LogP contribution < -0.4 is 11.3 Å². The number of aryl methyl sites for hydroxylation is 2. The summed E-state index contributed by atoms with van der Waals surface area (Å²) >= 11 is 0. The van der Waals surface area contributed by atoms with E-state index >= 15 is 0 Å². The van der Waals surface area contributed by atoms with Crippen molar-refractivity contribution in [3.63, 3.8) is 0 Å². The van der Waals surface area contributed by atoms with Gasteiger partial charge in [0.05, 0.1) is 22.8 Å². The number of hydrogen-bond donors (Lipinski definition) is 1. The maximum atomic E-state index is 13.6. The molecular formula is C14H13FN4O. The van der Waals surface area contributed by atoms with E-state index in [1.54, 1.807) is 0 Å². The SMILES string of the molecule is Cc1ccccc1-c1c(N)c2cnn(F)c2n(C)c1=O. The molecule has 0 bridgehead atoms. The third-order valence-electron chi connectivity index (χ3n) is 3.51. The average molecular weight is 272 g/mol. The molecule has 0 saturated heterocycles. The summed E-state index contributed by atoms with van der Waals surface area (Å²) in [5, 5.41) is 3.95. The standard InChI is InChI=1S/C14H13FN4O/c1-8-5-3-4-6-9(8)11-12(16)10-7-17-19(15)13(10)18(2)14(11)20/h3-7H,16H2,1-2H3. The highest BCUT2D eigenvalue weighted by molar-refractivity contribution is 5.97. The van der Waals surface area contributed by atoms with Gasteiger partial charge in [-0.25, -0.2) is 0 Å². The minimum atomic E-state index is -0.344. The zero-order valence-electron chi connectivity index (χ0n) is 11.1. The summed E-state index contributed by atoms with van der Waals surface area (Å²) in [6.07, 6.45) is 1.33. The van der Waals surface area contributed by atoms with Crippen molar-refractivity contribution >= 4 is 16.7 Å². The Hall–Kier alpha value is -2.63. The van der Waals surface area contributed by atoms with Gasteiger partial charge >= 0.3 is 0 Å². The first-order chi connectivity index (χ1) is 9.52. The van der Waals surface area contributed by atoms with Crippen molar-refractivity contribution in [1.82, 2.24) is 14.6 Å². The number of rotatable bonds is 1. The van der Waals surface area contributed by atoms with E-state index in [2.05, 4.69) is 5.10 Å². The normalized spacial score (nSPS) is 11.2. The number of aromatic nitrogens is 3. The third kappa shape index (κ3) is 1.54. The van der Waals surface area contributed by atoms with E-state index in [4.69, 9.17) is 5.73 Å². The summed E-state index contributed by atoms with van der Waals surface area (Å²) in [6, 6.07) is 7.45. The molecule has 0 spiro atoms. The summed E-state index contributed by atoms with van der Waals surface area (Å²) in [4.78, 5) is 12.6. The molecule has 2 heterocycles. The van der Waals surface area contributed by atoms with Gasteiger partial charge in [0.15, 0.2) is 5.65 Å². The van der Waals surface area contributed by atoms with E-state index < -0.39 is 0 Å². The molecule has 102 valence electrons. The van der Waals surface area contributed by atoms with Gasteiger partial charge in [-0.1, -0.05) is 33.7 Å². The number of halogens is 1. The van der Waals surface area contributed by atoms with Crippen molar-refractivity contribution in [1.29, 1.82) is 0 Å². The minimum absolute atomic E-state index is 0.0600. The lowest BCUT2D eigenvalue weighted by atomic mass is 9.99. The van der Waals surface area contributed by atoms with Crippen molar-refractivity contribution in [3.8, 4) is 11.1 Å². The molecule has 0 aliphatic rings. The first kappa shape index (κ1) is 12.4. The number of anilines is 1. The summed E-state index contributed by atoms with van der Waals surface area (Å²) in [5.74, 6) is 0. The Kier molecular flexibility index (Phi) is 2.60. The predicted octanol–water partition coefficient (Wildman–Crippen LogP) is 2.03. The molecule has 5 nitrogen and oxygen atoms in total. The molecule has 0 radical (unpaired) electrons. The van der Waals surface area contributed by atoms with Crippen LogP contribution >= 0.6 is 0 Å². The van der Waals surface area contributed by atoms with Crippen LogP contribution in [0.25, 0.3) is 22.2 Å². The van der Waals surface area contributed by atoms with Crippen LogP contribution in [0.4, 0.5) is 10.2 Å². The molecule has 20 heavy (non-hydrogen) atoms. The van der Waals surface area contributed by atoms with E-state index in [9.17, 15) is 9.28 Å². The van der Waals surface area contributed by atoms with Crippen LogP contribution in [-0.4, -0.2) is 14.6 Å². The number of benzene rings is 1. The lowest BCUT2D eigenvalue weighted by Gasteiger charge is -2.11. The van der Waals surface area contributed by atoms with Crippen LogP contribution in [0.2, 0.25) is 0 Å². The summed E-state index contributed by atoms with van der Waals surface area (Å²) in [6.45, 7) is 1.90. The van der Waals surface area contributed by atoms with E-state index in [1.807, 2.05) is 31.2 Å². The maximum absolute atomic E-state index is 13.6. The lowest BCUT2D eigenvalue weighted by Crippen LogP contribution is -2.22. The highest BCUT2D eigenvalue weighted by atomic mass is 19.2. The average Bonchev–Trinajstić information content (AvgIpc) is 2.81. The van der Waals surface area contributed by atoms with Gasteiger partial charge in [-0.3, -0.25) is 9.36 Å². The number of pyridine rings is 1. The van der Waals surface area contributed by atoms with Gasteiger partial charge in [0.25, 0.3) is 5.56 Å². The van der Waals surface area contributed by atoms with Gasteiger partial charge in [-0.05, 0) is 18.1 Å². The highest BCUT2D eigenvalue weighted by Gasteiger charge is 2.19. The molecule has 2 N–H and O–H groups in total. The molecule has 2 aromatic heterocycles. The Morgan fingerprint density at radius 1 is 1.30 bits per heavy atom. The largest absolute Gasteiger partial charge is 0.397 e. The fourth-order valence-electron chi connectivity index (χ4n) is 2.44. The molecule has 3 aromatic rings.